The van der Waals surface area contributed by atoms with Crippen molar-refractivity contribution in [3.63, 3.8) is 0 Å². The third-order valence-corrected chi connectivity index (χ3v) is 6.38. The van der Waals surface area contributed by atoms with Crippen LogP contribution >= 0.6 is 0 Å². The van der Waals surface area contributed by atoms with E-state index in [9.17, 15) is 18.3 Å². The Morgan fingerprint density at radius 2 is 1.88 bits per heavy atom. The fourth-order valence-corrected chi connectivity index (χ4v) is 4.40. The first kappa shape index (κ1) is 18.6. The Morgan fingerprint density at radius 3 is 2.46 bits per heavy atom. The molecule has 1 amide bonds. The molecule has 0 saturated carbocycles. The second-order valence-electron chi connectivity index (χ2n) is 6.57. The van der Waals surface area contributed by atoms with Crippen LogP contribution in [0, 0.1) is 0 Å². The Morgan fingerprint density at radius 1 is 1.23 bits per heavy atom. The Kier molecular flexibility index (Phi) is 5.17. The SMILES string of the molecule is C[C@](O)(CNC(=O)c1ccc(S(=O)(=O)N2CCCC2)cc1)c1ccco1. The molecule has 140 valence electrons. The third kappa shape index (κ3) is 3.82. The largest absolute Gasteiger partial charge is 0.466 e. The van der Waals surface area contributed by atoms with Crippen LogP contribution in [0.1, 0.15) is 35.9 Å². The van der Waals surface area contributed by atoms with Crippen molar-refractivity contribution in [2.75, 3.05) is 19.6 Å². The number of aliphatic hydroxyl groups is 1. The molecule has 1 atom stereocenters. The predicted molar refractivity (Wildman–Crippen MR) is 95.0 cm³/mol. The predicted octanol–water partition coefficient (Wildman–Crippen LogP) is 1.70. The molecule has 26 heavy (non-hydrogen) atoms. The van der Waals surface area contributed by atoms with Crippen LogP contribution in [0.5, 0.6) is 0 Å². The molecule has 1 fully saturated rings. The van der Waals surface area contributed by atoms with Gasteiger partial charge in [-0.25, -0.2) is 8.42 Å². The maximum Gasteiger partial charge on any atom is 0.251 e. The van der Waals surface area contributed by atoms with Gasteiger partial charge < -0.3 is 14.8 Å². The quantitative estimate of drug-likeness (QED) is 0.797. The molecule has 0 unspecified atom stereocenters. The van der Waals surface area contributed by atoms with E-state index in [4.69, 9.17) is 4.42 Å². The van der Waals surface area contributed by atoms with Gasteiger partial charge in [0.05, 0.1) is 17.7 Å². The molecule has 0 spiro atoms. The van der Waals surface area contributed by atoms with E-state index < -0.39 is 21.5 Å². The number of hydrogen-bond acceptors (Lipinski definition) is 5. The molecule has 2 heterocycles. The minimum atomic E-state index is -3.50. The summed E-state index contributed by atoms with van der Waals surface area (Å²) in [7, 11) is -3.50. The van der Waals surface area contributed by atoms with Crippen LogP contribution < -0.4 is 5.32 Å². The van der Waals surface area contributed by atoms with Crippen molar-refractivity contribution in [2.24, 2.45) is 0 Å². The van der Waals surface area contributed by atoms with E-state index >= 15 is 0 Å². The van der Waals surface area contributed by atoms with E-state index in [2.05, 4.69) is 5.32 Å². The lowest BCUT2D eigenvalue weighted by molar-refractivity contribution is 0.0330. The van der Waals surface area contributed by atoms with Crippen LogP contribution in [0.4, 0.5) is 0 Å². The summed E-state index contributed by atoms with van der Waals surface area (Å²) < 4.78 is 31.6. The number of amides is 1. The first-order valence-electron chi connectivity index (χ1n) is 8.45. The van der Waals surface area contributed by atoms with Gasteiger partial charge in [0.15, 0.2) is 0 Å². The monoisotopic (exact) mass is 378 g/mol. The van der Waals surface area contributed by atoms with Crippen LogP contribution in [-0.4, -0.2) is 43.4 Å². The van der Waals surface area contributed by atoms with E-state index in [1.54, 1.807) is 12.1 Å². The fraction of sp³-hybridized carbons (Fsp3) is 0.389. The van der Waals surface area contributed by atoms with Crippen LogP contribution in [0.3, 0.4) is 0 Å². The molecule has 1 aromatic carbocycles. The van der Waals surface area contributed by atoms with Crippen LogP contribution in [0.15, 0.2) is 52.0 Å². The van der Waals surface area contributed by atoms with Crippen molar-refractivity contribution in [3.05, 3.63) is 54.0 Å². The average molecular weight is 378 g/mol. The fourth-order valence-electron chi connectivity index (χ4n) is 2.88. The van der Waals surface area contributed by atoms with Crippen molar-refractivity contribution < 1.29 is 22.7 Å². The average Bonchev–Trinajstić information content (AvgIpc) is 3.33. The molecule has 0 aliphatic carbocycles. The van der Waals surface area contributed by atoms with Gasteiger partial charge in [-0.05, 0) is 56.2 Å². The number of rotatable bonds is 6. The molecule has 0 bridgehead atoms. The van der Waals surface area contributed by atoms with E-state index in [0.29, 0.717) is 24.4 Å². The van der Waals surface area contributed by atoms with Gasteiger partial charge in [-0.2, -0.15) is 4.31 Å². The molecular weight excluding hydrogens is 356 g/mol. The topological polar surface area (TPSA) is 99.8 Å². The maximum absolute atomic E-state index is 12.5. The molecule has 1 aliphatic heterocycles. The molecule has 0 radical (unpaired) electrons. The summed E-state index contributed by atoms with van der Waals surface area (Å²) in [6, 6.07) is 9.11. The summed E-state index contributed by atoms with van der Waals surface area (Å²) in [4.78, 5) is 12.4. The summed E-state index contributed by atoms with van der Waals surface area (Å²) in [5.41, 5.74) is -1.02. The third-order valence-electron chi connectivity index (χ3n) is 4.46. The zero-order chi connectivity index (χ0) is 18.8. The second kappa shape index (κ2) is 7.22. The zero-order valence-electron chi connectivity index (χ0n) is 14.5. The molecule has 1 aromatic heterocycles. The van der Waals surface area contributed by atoms with Crippen molar-refractivity contribution in [1.82, 2.24) is 9.62 Å². The van der Waals surface area contributed by atoms with Crippen molar-refractivity contribution in [1.29, 1.82) is 0 Å². The van der Waals surface area contributed by atoms with E-state index in [1.165, 1.54) is 41.8 Å². The summed E-state index contributed by atoms with van der Waals surface area (Å²) in [6.07, 6.45) is 3.19. The van der Waals surface area contributed by atoms with Gasteiger partial charge in [0.2, 0.25) is 10.0 Å². The lowest BCUT2D eigenvalue weighted by Gasteiger charge is -2.21. The van der Waals surface area contributed by atoms with Gasteiger partial charge in [-0.15, -0.1) is 0 Å². The van der Waals surface area contributed by atoms with Gasteiger partial charge in [0, 0.05) is 18.7 Å². The standard InChI is InChI=1S/C18H22N2O5S/c1-18(22,16-5-4-12-25-16)13-19-17(21)14-6-8-15(9-7-14)26(23,24)20-10-2-3-11-20/h4-9,12,22H,2-3,10-11,13H2,1H3,(H,19,21)/t18-/m0/s1. The lowest BCUT2D eigenvalue weighted by Crippen LogP contribution is -2.38. The molecule has 2 N–H and O–H groups in total. The highest BCUT2D eigenvalue weighted by molar-refractivity contribution is 7.89. The molecule has 1 saturated heterocycles. The van der Waals surface area contributed by atoms with Gasteiger partial charge in [-0.1, -0.05) is 0 Å². The molecule has 1 aliphatic rings. The maximum atomic E-state index is 12.5. The number of nitrogens with one attached hydrogen (secondary N) is 1. The van der Waals surface area contributed by atoms with Crippen molar-refractivity contribution >= 4 is 15.9 Å². The highest BCUT2D eigenvalue weighted by Crippen LogP contribution is 2.22. The van der Waals surface area contributed by atoms with Crippen molar-refractivity contribution in [2.45, 2.75) is 30.3 Å². The second-order valence-corrected chi connectivity index (χ2v) is 8.51. The molecular formula is C18H22N2O5S. The smallest absolute Gasteiger partial charge is 0.251 e. The number of hydrogen-bond donors (Lipinski definition) is 2. The van der Waals surface area contributed by atoms with Gasteiger partial charge >= 0.3 is 0 Å². The van der Waals surface area contributed by atoms with Gasteiger partial charge in [0.1, 0.15) is 11.4 Å². The Labute approximate surface area is 152 Å². The number of benzene rings is 1. The molecule has 8 heteroatoms. The van der Waals surface area contributed by atoms with Crippen LogP contribution in [-0.2, 0) is 15.6 Å². The number of nitrogens with zero attached hydrogens (tertiary/aromatic N) is 1. The Hall–Kier alpha value is -2.16. The number of carbonyl (C=O) groups excluding carboxylic acids is 1. The summed E-state index contributed by atoms with van der Waals surface area (Å²) in [5.74, 6) is -0.0493. The summed E-state index contributed by atoms with van der Waals surface area (Å²) in [5, 5.41) is 13.0. The normalized spacial score (nSPS) is 17.8. The molecule has 7 nitrogen and oxygen atoms in total. The summed E-state index contributed by atoms with van der Waals surface area (Å²) in [6.45, 7) is 2.57. The molecule has 2 aromatic rings. The number of sulfonamides is 1. The minimum Gasteiger partial charge on any atom is -0.466 e. The van der Waals surface area contributed by atoms with Crippen molar-refractivity contribution in [3.8, 4) is 0 Å². The van der Waals surface area contributed by atoms with Crippen LogP contribution in [0.25, 0.3) is 0 Å². The highest BCUT2D eigenvalue weighted by Gasteiger charge is 2.28. The highest BCUT2D eigenvalue weighted by atomic mass is 32.2. The molecule has 3 rings (SSSR count). The van der Waals surface area contributed by atoms with Crippen LogP contribution in [0.2, 0.25) is 0 Å². The first-order valence-corrected chi connectivity index (χ1v) is 9.89. The van der Waals surface area contributed by atoms with Gasteiger partial charge in [-0.3, -0.25) is 4.79 Å². The Bertz CT molecular complexity index is 851. The first-order chi connectivity index (χ1) is 12.3. The number of carbonyl (C=O) groups is 1. The van der Waals surface area contributed by atoms with E-state index in [-0.39, 0.29) is 11.4 Å². The number of furan rings is 1. The van der Waals surface area contributed by atoms with Gasteiger partial charge in [0.25, 0.3) is 5.91 Å². The van der Waals surface area contributed by atoms with E-state index in [1.807, 2.05) is 0 Å². The summed E-state index contributed by atoms with van der Waals surface area (Å²) >= 11 is 0. The Balaban J connectivity index is 1.65. The van der Waals surface area contributed by atoms with E-state index in [0.717, 1.165) is 12.8 Å². The zero-order valence-corrected chi connectivity index (χ0v) is 15.3. The minimum absolute atomic E-state index is 0.0345. The lowest BCUT2D eigenvalue weighted by atomic mass is 10.0.